The Morgan fingerprint density at radius 3 is 0.684 bits per heavy atom. The smallest absolute Gasteiger partial charge is 0.200 e. The summed E-state index contributed by atoms with van der Waals surface area (Å²) in [5.74, 6) is -41.8. The van der Waals surface area contributed by atoms with Gasteiger partial charge < -0.3 is 9.13 Å². The molecule has 11 rings (SSSR count). The van der Waals surface area contributed by atoms with Gasteiger partial charge in [0.2, 0.25) is 17.5 Å². The van der Waals surface area contributed by atoms with Gasteiger partial charge in [-0.2, -0.15) is 0 Å². The maximum atomic E-state index is 15.5. The third-order valence-electron chi connectivity index (χ3n) is 13.1. The third kappa shape index (κ3) is 6.92. The average Bonchev–Trinajstić information content (AvgIpc) is 4.03. The Hall–Kier alpha value is -8.75. The van der Waals surface area contributed by atoms with E-state index in [4.69, 9.17) is 0 Å². The van der Waals surface area contributed by atoms with Crippen molar-refractivity contribution in [1.29, 1.82) is 0 Å². The van der Waals surface area contributed by atoms with E-state index in [9.17, 15) is 48.3 Å². The molecule has 0 amide bonds. The van der Waals surface area contributed by atoms with Crippen LogP contribution in [0.15, 0.2) is 97.1 Å². The minimum Gasteiger partial charge on any atom is -0.309 e. The number of hydrogen-bond acceptors (Lipinski definition) is 0. The van der Waals surface area contributed by atoms with Crippen molar-refractivity contribution >= 4 is 43.6 Å². The fourth-order valence-electron chi connectivity index (χ4n) is 9.57. The maximum absolute atomic E-state index is 15.5. The zero-order valence-electron chi connectivity index (χ0n) is 37.3. The Balaban J connectivity index is 1.18. The Morgan fingerprint density at radius 2 is 0.447 bits per heavy atom. The van der Waals surface area contributed by atoms with Crippen LogP contribution >= 0.6 is 0 Å². The zero-order valence-corrected chi connectivity index (χ0v) is 37.3. The van der Waals surface area contributed by atoms with Crippen LogP contribution in [-0.2, 0) is 0 Å². The molecule has 0 fully saturated rings. The van der Waals surface area contributed by atoms with E-state index in [0.29, 0.717) is 0 Å². The Labute approximate surface area is 411 Å². The Bertz CT molecular complexity index is 3780. The van der Waals surface area contributed by atoms with Gasteiger partial charge in [0.15, 0.2) is 93.1 Å². The molecular weight excluding hydrogens is 1050 g/mol. The molecule has 2 nitrogen and oxygen atoms in total. The van der Waals surface area contributed by atoms with Gasteiger partial charge in [-0.3, -0.25) is 0 Å². The average molecular weight is 1070 g/mol. The quantitative estimate of drug-likeness (QED) is 0.0892. The van der Waals surface area contributed by atoms with E-state index >= 15 is 35.1 Å². The lowest BCUT2D eigenvalue weighted by atomic mass is 9.98. The molecule has 76 heavy (non-hydrogen) atoms. The molecule has 0 atom stereocenters. The molecule has 0 saturated heterocycles. The Morgan fingerprint density at radius 1 is 0.237 bits per heavy atom. The molecule has 11 aromatic rings. The second kappa shape index (κ2) is 17.4. The van der Waals surface area contributed by atoms with Gasteiger partial charge in [-0.1, -0.05) is 30.3 Å². The molecule has 0 aliphatic carbocycles. The van der Waals surface area contributed by atoms with Crippen LogP contribution in [0.4, 0.5) is 83.4 Å². The number of fused-ring (bicyclic) bond motifs is 6. The van der Waals surface area contributed by atoms with Crippen LogP contribution in [0, 0.1) is 117 Å². The van der Waals surface area contributed by atoms with Crippen LogP contribution < -0.4 is 0 Å². The van der Waals surface area contributed by atoms with Crippen LogP contribution in [0.3, 0.4) is 0 Å². The number of benzene rings is 9. The Kier molecular flexibility index (Phi) is 11.3. The van der Waals surface area contributed by atoms with Crippen LogP contribution in [0.25, 0.3) is 99.5 Å². The standard InChI is InChI=1S/C55H19F19N2/c1-18-37(56)39(58)33(40(59)38(18)57)19-5-9-29-25(13-19)26-14-20(34-41(60)47(66)53(72)48(67)42(34)61)6-10-30(26)75(29)23-3-2-4-24(17-23)76-31-11-7-21(35-43(62)49(68)54(73)50(69)44(35)63)15-27(31)28-16-22(8-12-32(28)76)36-45(64)51(70)55(74)52(71)46(36)65/h2-17H,1H3. The van der Waals surface area contributed by atoms with E-state index in [1.165, 1.54) is 45.5 Å². The second-order valence-electron chi connectivity index (χ2n) is 17.2. The number of rotatable bonds is 6. The predicted molar refractivity (Wildman–Crippen MR) is 241 cm³/mol. The molecule has 0 N–H and O–H groups in total. The summed E-state index contributed by atoms with van der Waals surface area (Å²) in [5, 5.41) is -0.542. The van der Waals surface area contributed by atoms with Crippen LogP contribution in [0.1, 0.15) is 5.56 Å². The van der Waals surface area contributed by atoms with E-state index in [1.807, 2.05) is 0 Å². The molecule has 0 unspecified atom stereocenters. The maximum Gasteiger partial charge on any atom is 0.200 e. The van der Waals surface area contributed by atoms with E-state index in [0.717, 1.165) is 67.6 Å². The van der Waals surface area contributed by atoms with Gasteiger partial charge in [0, 0.05) is 38.5 Å². The summed E-state index contributed by atoms with van der Waals surface area (Å²) < 4.78 is 285. The first-order valence-electron chi connectivity index (χ1n) is 21.7. The molecule has 9 aromatic carbocycles. The van der Waals surface area contributed by atoms with E-state index in [2.05, 4.69) is 0 Å². The SMILES string of the molecule is Cc1c(F)c(F)c(-c2ccc3c(c2)c2cc(-c4c(F)c(F)c(F)c(F)c4F)ccc2n3-c2cccc(-n3c4ccc(-c5c(F)c(F)c(F)c(F)c5F)cc4c4cc(-c5c(F)c(F)c(F)c(F)c5F)ccc43)c2)c(F)c1F. The largest absolute Gasteiger partial charge is 0.309 e. The van der Waals surface area contributed by atoms with Crippen LogP contribution in [-0.4, -0.2) is 9.13 Å². The van der Waals surface area contributed by atoms with Gasteiger partial charge in [0.1, 0.15) is 0 Å². The molecule has 0 aliphatic rings. The van der Waals surface area contributed by atoms with Crippen molar-refractivity contribution in [2.45, 2.75) is 6.92 Å². The van der Waals surface area contributed by atoms with E-state index in [-0.39, 0.29) is 55.0 Å². The normalized spacial score (nSPS) is 11.9. The monoisotopic (exact) mass is 1070 g/mol. The molecule has 2 heterocycles. The molecule has 0 spiro atoms. The second-order valence-corrected chi connectivity index (χ2v) is 17.2. The van der Waals surface area contributed by atoms with E-state index < -0.39 is 161 Å². The van der Waals surface area contributed by atoms with Gasteiger partial charge in [-0.05, 0) is 95.9 Å². The zero-order chi connectivity index (χ0) is 54.4. The highest BCUT2D eigenvalue weighted by Crippen LogP contribution is 2.44. The van der Waals surface area contributed by atoms with Gasteiger partial charge in [0.25, 0.3) is 0 Å². The summed E-state index contributed by atoms with van der Waals surface area (Å²) in [7, 11) is 0. The predicted octanol–water partition coefficient (Wildman–Crippen LogP) is 17.5. The van der Waals surface area contributed by atoms with Crippen molar-refractivity contribution < 1.29 is 83.4 Å². The highest BCUT2D eigenvalue weighted by molar-refractivity contribution is 6.13. The number of aromatic nitrogens is 2. The first-order valence-corrected chi connectivity index (χ1v) is 21.7. The summed E-state index contributed by atoms with van der Waals surface area (Å²) in [5.41, 5.74) is -8.40. The molecule has 2 aromatic heterocycles. The minimum absolute atomic E-state index is 0.00951. The molecule has 0 bridgehead atoms. The van der Waals surface area contributed by atoms with Crippen LogP contribution in [0.2, 0.25) is 0 Å². The lowest BCUT2D eigenvalue weighted by molar-refractivity contribution is 0.381. The molecule has 21 heteroatoms. The molecule has 382 valence electrons. The summed E-state index contributed by atoms with van der Waals surface area (Å²) in [6, 6.07) is 18.2. The van der Waals surface area contributed by atoms with Gasteiger partial charge in [-0.15, -0.1) is 0 Å². The fourth-order valence-corrected chi connectivity index (χ4v) is 9.57. The summed E-state index contributed by atoms with van der Waals surface area (Å²) in [6.45, 7) is 0.780. The summed E-state index contributed by atoms with van der Waals surface area (Å²) in [4.78, 5) is 0. The minimum atomic E-state index is -2.48. The summed E-state index contributed by atoms with van der Waals surface area (Å²) in [6.07, 6.45) is 0. The lowest BCUT2D eigenvalue weighted by Gasteiger charge is -2.14. The first kappa shape index (κ1) is 49.5. The summed E-state index contributed by atoms with van der Waals surface area (Å²) >= 11 is 0. The van der Waals surface area contributed by atoms with Crippen molar-refractivity contribution in [2.24, 2.45) is 0 Å². The van der Waals surface area contributed by atoms with E-state index in [1.54, 1.807) is 0 Å². The van der Waals surface area contributed by atoms with Gasteiger partial charge in [-0.25, -0.2) is 83.4 Å². The highest BCUT2D eigenvalue weighted by atomic mass is 19.2. The molecular formula is C55H19F19N2. The molecule has 0 aliphatic heterocycles. The molecule has 0 saturated carbocycles. The van der Waals surface area contributed by atoms with Gasteiger partial charge in [0.05, 0.1) is 44.3 Å². The number of halogens is 19. The van der Waals surface area contributed by atoms with Crippen molar-refractivity contribution in [3.63, 3.8) is 0 Å². The third-order valence-corrected chi connectivity index (χ3v) is 13.1. The highest BCUT2D eigenvalue weighted by Gasteiger charge is 2.32. The van der Waals surface area contributed by atoms with Crippen molar-refractivity contribution in [3.05, 3.63) is 213 Å². The van der Waals surface area contributed by atoms with Crippen molar-refractivity contribution in [2.75, 3.05) is 0 Å². The molecule has 0 radical (unpaired) electrons. The van der Waals surface area contributed by atoms with Crippen molar-refractivity contribution in [1.82, 2.24) is 9.13 Å². The van der Waals surface area contributed by atoms with Crippen LogP contribution in [0.5, 0.6) is 0 Å². The number of hydrogen-bond donors (Lipinski definition) is 0. The first-order chi connectivity index (χ1) is 36.0. The fraction of sp³-hybridized carbons (Fsp3) is 0.0182. The lowest BCUT2D eigenvalue weighted by Crippen LogP contribution is -2.04. The number of nitrogens with zero attached hydrogens (tertiary/aromatic N) is 2. The van der Waals surface area contributed by atoms with Crippen molar-refractivity contribution in [3.8, 4) is 55.9 Å². The topological polar surface area (TPSA) is 9.86 Å². The van der Waals surface area contributed by atoms with Gasteiger partial charge >= 0.3 is 0 Å².